The van der Waals surface area contributed by atoms with Crippen LogP contribution in [0.4, 0.5) is 18.9 Å². The van der Waals surface area contributed by atoms with Gasteiger partial charge in [-0.1, -0.05) is 32.0 Å². The molecule has 1 heterocycles. The predicted molar refractivity (Wildman–Crippen MR) is 122 cm³/mol. The summed E-state index contributed by atoms with van der Waals surface area (Å²) < 4.78 is 67.7. The molecule has 186 valence electrons. The number of para-hydroxylation sites is 1. The van der Waals surface area contributed by atoms with Crippen LogP contribution in [0.15, 0.2) is 47.4 Å². The van der Waals surface area contributed by atoms with Crippen molar-refractivity contribution in [2.24, 2.45) is 0 Å². The molecule has 1 N–H and O–H groups in total. The number of carbonyl (C=O) groups excluding carboxylic acids is 1. The van der Waals surface area contributed by atoms with Crippen molar-refractivity contribution in [3.8, 4) is 5.75 Å². The van der Waals surface area contributed by atoms with E-state index in [1.165, 1.54) is 4.31 Å². The number of anilines is 1. The van der Waals surface area contributed by atoms with Crippen molar-refractivity contribution in [3.63, 3.8) is 0 Å². The second-order valence-corrected chi connectivity index (χ2v) is 10.4. The van der Waals surface area contributed by atoms with Gasteiger partial charge in [0.15, 0.2) is 0 Å². The molecule has 11 heteroatoms. The number of rotatable bonds is 7. The van der Waals surface area contributed by atoms with Crippen molar-refractivity contribution in [2.75, 3.05) is 38.0 Å². The Morgan fingerprint density at radius 1 is 1.06 bits per heavy atom. The highest BCUT2D eigenvalue weighted by Crippen LogP contribution is 2.28. The first kappa shape index (κ1) is 26.0. The summed E-state index contributed by atoms with van der Waals surface area (Å²) in [5.74, 6) is -0.414. The first-order valence-electron chi connectivity index (χ1n) is 10.8. The summed E-state index contributed by atoms with van der Waals surface area (Å²) in [6, 6.07) is 9.99. The van der Waals surface area contributed by atoms with Crippen molar-refractivity contribution in [2.45, 2.75) is 37.9 Å². The Morgan fingerprint density at radius 2 is 1.68 bits per heavy atom. The molecule has 0 atom stereocenters. The molecule has 0 unspecified atom stereocenters. The van der Waals surface area contributed by atoms with E-state index in [2.05, 4.69) is 23.9 Å². The van der Waals surface area contributed by atoms with Gasteiger partial charge in [0.2, 0.25) is 15.9 Å². The molecule has 0 radical (unpaired) electrons. The Morgan fingerprint density at radius 3 is 2.24 bits per heavy atom. The van der Waals surface area contributed by atoms with E-state index >= 15 is 0 Å². The fourth-order valence-corrected chi connectivity index (χ4v) is 5.24. The number of hydrogen-bond donors (Lipinski definition) is 1. The van der Waals surface area contributed by atoms with Gasteiger partial charge in [0.05, 0.1) is 11.4 Å². The predicted octanol–water partition coefficient (Wildman–Crippen LogP) is 3.96. The Kier molecular flexibility index (Phi) is 7.89. The summed E-state index contributed by atoms with van der Waals surface area (Å²) in [6.07, 6.45) is -4.85. The fraction of sp³-hybridized carbons (Fsp3) is 0.435. The summed E-state index contributed by atoms with van der Waals surface area (Å²) in [5.41, 5.74) is 2.83. The van der Waals surface area contributed by atoms with Crippen LogP contribution in [0.2, 0.25) is 0 Å². The SMILES string of the molecule is Cc1cccc(C(C)C)c1NC(=O)CN1CCN(S(=O)(=O)c2ccc(OC(F)(F)F)cc2)CC1. The lowest BCUT2D eigenvalue weighted by molar-refractivity contribution is -0.274. The van der Waals surface area contributed by atoms with E-state index in [4.69, 9.17) is 0 Å². The van der Waals surface area contributed by atoms with Crippen LogP contribution in [-0.4, -0.2) is 62.6 Å². The van der Waals surface area contributed by atoms with Gasteiger partial charge in [-0.25, -0.2) is 8.42 Å². The van der Waals surface area contributed by atoms with Gasteiger partial charge in [0.25, 0.3) is 0 Å². The normalized spacial score (nSPS) is 16.0. The molecule has 2 aromatic rings. The first-order chi connectivity index (χ1) is 15.9. The standard InChI is InChI=1S/C23H28F3N3O4S/c1-16(2)20-6-4-5-17(3)22(20)27-21(30)15-28-11-13-29(14-12-28)34(31,32)19-9-7-18(8-10-19)33-23(24,25)26/h4-10,16H,11-15H2,1-3H3,(H,27,30). The van der Waals surface area contributed by atoms with Crippen LogP contribution >= 0.6 is 0 Å². The van der Waals surface area contributed by atoms with Gasteiger partial charge in [0, 0.05) is 31.9 Å². The molecule has 0 aromatic heterocycles. The number of nitrogens with one attached hydrogen (secondary N) is 1. The number of nitrogens with zero attached hydrogens (tertiary/aromatic N) is 2. The number of amides is 1. The van der Waals surface area contributed by atoms with E-state index in [1.54, 1.807) is 0 Å². The summed E-state index contributed by atoms with van der Waals surface area (Å²) >= 11 is 0. The van der Waals surface area contributed by atoms with Gasteiger partial charge in [0.1, 0.15) is 5.75 Å². The average molecular weight is 500 g/mol. The van der Waals surface area contributed by atoms with E-state index in [0.29, 0.717) is 13.1 Å². The number of carbonyl (C=O) groups is 1. The number of benzene rings is 2. The van der Waals surface area contributed by atoms with Crippen LogP contribution in [0.5, 0.6) is 5.75 Å². The molecule has 1 saturated heterocycles. The summed E-state index contributed by atoms with van der Waals surface area (Å²) in [4.78, 5) is 14.4. The third kappa shape index (κ3) is 6.49. The van der Waals surface area contributed by atoms with Crippen molar-refractivity contribution < 1.29 is 31.1 Å². The number of aryl methyl sites for hydroxylation is 1. The molecule has 1 aliphatic rings. The molecular formula is C23H28F3N3O4S. The molecule has 0 aliphatic carbocycles. The Labute approximate surface area is 197 Å². The maximum absolute atomic E-state index is 12.9. The quantitative estimate of drug-likeness (QED) is 0.624. The average Bonchev–Trinajstić information content (AvgIpc) is 2.74. The van der Waals surface area contributed by atoms with Crippen molar-refractivity contribution in [3.05, 3.63) is 53.6 Å². The fourth-order valence-electron chi connectivity index (χ4n) is 3.81. The van der Waals surface area contributed by atoms with Gasteiger partial charge in [-0.3, -0.25) is 9.69 Å². The zero-order chi connectivity index (χ0) is 25.1. The zero-order valence-corrected chi connectivity index (χ0v) is 20.0. The van der Waals surface area contributed by atoms with Crippen molar-refractivity contribution in [1.29, 1.82) is 0 Å². The highest BCUT2D eigenvalue weighted by molar-refractivity contribution is 7.89. The first-order valence-corrected chi connectivity index (χ1v) is 12.3. The minimum atomic E-state index is -4.85. The highest BCUT2D eigenvalue weighted by Gasteiger charge is 2.32. The molecule has 1 aliphatic heterocycles. The number of alkyl halides is 3. The molecule has 7 nitrogen and oxygen atoms in total. The van der Waals surface area contributed by atoms with Gasteiger partial charge < -0.3 is 10.1 Å². The Hall–Kier alpha value is -2.63. The molecule has 0 bridgehead atoms. The lowest BCUT2D eigenvalue weighted by Crippen LogP contribution is -2.50. The van der Waals surface area contributed by atoms with Crippen LogP contribution < -0.4 is 10.1 Å². The van der Waals surface area contributed by atoms with Crippen LogP contribution in [0.25, 0.3) is 0 Å². The van der Waals surface area contributed by atoms with Crippen molar-refractivity contribution in [1.82, 2.24) is 9.21 Å². The van der Waals surface area contributed by atoms with Gasteiger partial charge in [-0.2, -0.15) is 4.31 Å². The van der Waals surface area contributed by atoms with E-state index < -0.39 is 22.1 Å². The molecule has 0 saturated carbocycles. The van der Waals surface area contributed by atoms with Crippen LogP contribution in [0.3, 0.4) is 0 Å². The summed E-state index contributed by atoms with van der Waals surface area (Å²) in [5, 5.41) is 2.99. The zero-order valence-electron chi connectivity index (χ0n) is 19.2. The third-order valence-electron chi connectivity index (χ3n) is 5.59. The highest BCUT2D eigenvalue weighted by atomic mass is 32.2. The largest absolute Gasteiger partial charge is 0.573 e. The minimum Gasteiger partial charge on any atom is -0.406 e. The lowest BCUT2D eigenvalue weighted by atomic mass is 9.98. The molecule has 1 fully saturated rings. The number of piperazine rings is 1. The van der Waals surface area contributed by atoms with Gasteiger partial charge in [-0.15, -0.1) is 13.2 Å². The lowest BCUT2D eigenvalue weighted by Gasteiger charge is -2.33. The number of hydrogen-bond acceptors (Lipinski definition) is 5. The second-order valence-electron chi connectivity index (χ2n) is 8.44. The van der Waals surface area contributed by atoms with Gasteiger partial charge in [-0.05, 0) is 48.2 Å². The number of sulfonamides is 1. The van der Waals surface area contributed by atoms with Gasteiger partial charge >= 0.3 is 6.36 Å². The third-order valence-corrected chi connectivity index (χ3v) is 7.50. The maximum Gasteiger partial charge on any atom is 0.573 e. The summed E-state index contributed by atoms with van der Waals surface area (Å²) in [6.45, 7) is 7.22. The molecule has 1 amide bonds. The molecule has 34 heavy (non-hydrogen) atoms. The van der Waals surface area contributed by atoms with Crippen LogP contribution in [0.1, 0.15) is 30.9 Å². The van der Waals surface area contributed by atoms with Crippen LogP contribution in [-0.2, 0) is 14.8 Å². The number of ether oxygens (including phenoxy) is 1. The Bertz CT molecular complexity index is 1110. The minimum absolute atomic E-state index is 0.117. The smallest absolute Gasteiger partial charge is 0.406 e. The second kappa shape index (κ2) is 10.3. The number of halogens is 3. The van der Waals surface area contributed by atoms with E-state index in [0.717, 1.165) is 41.1 Å². The van der Waals surface area contributed by atoms with E-state index in [9.17, 15) is 26.4 Å². The van der Waals surface area contributed by atoms with E-state index in [1.807, 2.05) is 30.0 Å². The molecule has 0 spiro atoms. The van der Waals surface area contributed by atoms with Crippen molar-refractivity contribution >= 4 is 21.6 Å². The maximum atomic E-state index is 12.9. The van der Waals surface area contributed by atoms with E-state index in [-0.39, 0.29) is 36.4 Å². The molecule has 2 aromatic carbocycles. The molecular weight excluding hydrogens is 471 g/mol. The van der Waals surface area contributed by atoms with Crippen LogP contribution in [0, 0.1) is 6.92 Å². The summed E-state index contributed by atoms with van der Waals surface area (Å²) in [7, 11) is -3.87. The Balaban J connectivity index is 1.57. The monoisotopic (exact) mass is 499 g/mol. The topological polar surface area (TPSA) is 79.0 Å². The molecule has 3 rings (SSSR count).